The fourth-order valence-corrected chi connectivity index (χ4v) is 3.29. The van der Waals surface area contributed by atoms with Crippen molar-refractivity contribution < 1.29 is 9.53 Å². The average Bonchev–Trinajstić information content (AvgIpc) is 2.80. The van der Waals surface area contributed by atoms with Gasteiger partial charge >= 0.3 is 5.97 Å². The summed E-state index contributed by atoms with van der Waals surface area (Å²) in [5.41, 5.74) is 3.18. The van der Waals surface area contributed by atoms with Crippen molar-refractivity contribution in [2.45, 2.75) is 18.9 Å². The van der Waals surface area contributed by atoms with Gasteiger partial charge in [-0.25, -0.2) is 4.79 Å². The van der Waals surface area contributed by atoms with E-state index < -0.39 is 0 Å². The van der Waals surface area contributed by atoms with Gasteiger partial charge in [0.25, 0.3) is 0 Å². The molecule has 1 heterocycles. The third-order valence-electron chi connectivity index (χ3n) is 4.20. The summed E-state index contributed by atoms with van der Waals surface area (Å²) >= 11 is 0. The Morgan fingerprint density at radius 3 is 2.80 bits per heavy atom. The first-order valence-electron chi connectivity index (χ1n) is 7.15. The average molecular weight is 272 g/mol. The van der Waals surface area contributed by atoms with Gasteiger partial charge in [0.2, 0.25) is 0 Å². The summed E-state index contributed by atoms with van der Waals surface area (Å²) in [4.78, 5) is 11.9. The summed E-state index contributed by atoms with van der Waals surface area (Å²) in [7, 11) is 1.45. The third-order valence-corrected chi connectivity index (χ3v) is 4.20. The molecule has 2 aliphatic rings. The number of esters is 1. The fraction of sp³-hybridized carbons (Fsp3) is 0.438. The topological polar surface area (TPSA) is 50.4 Å². The number of hydrogen-bond acceptors (Lipinski definition) is 4. The molecule has 3 rings (SSSR count). The largest absolute Gasteiger partial charge is 0.466 e. The molecule has 0 bridgehead atoms. The van der Waals surface area contributed by atoms with E-state index in [0.717, 1.165) is 37.2 Å². The predicted molar refractivity (Wildman–Crippen MR) is 77.0 cm³/mol. The molecule has 0 radical (unpaired) electrons. The number of carbonyl (C=O) groups excluding carboxylic acids is 1. The number of benzene rings is 1. The van der Waals surface area contributed by atoms with Crippen molar-refractivity contribution in [2.75, 3.05) is 20.2 Å². The van der Waals surface area contributed by atoms with E-state index in [1.165, 1.54) is 12.7 Å². The summed E-state index contributed by atoms with van der Waals surface area (Å²) in [5.74, 6) is 0.137. The van der Waals surface area contributed by atoms with Crippen molar-refractivity contribution in [3.05, 3.63) is 47.2 Å². The van der Waals surface area contributed by atoms with E-state index in [2.05, 4.69) is 34.9 Å². The van der Waals surface area contributed by atoms with Gasteiger partial charge in [0.05, 0.1) is 12.7 Å². The minimum Gasteiger partial charge on any atom is -0.466 e. The Kier molecular flexibility index (Phi) is 3.74. The molecule has 4 nitrogen and oxygen atoms in total. The van der Waals surface area contributed by atoms with Gasteiger partial charge in [-0.2, -0.15) is 0 Å². The summed E-state index contributed by atoms with van der Waals surface area (Å²) in [6.45, 7) is 1.74. The normalized spacial score (nSPS) is 25.6. The molecule has 2 N–H and O–H groups in total. The van der Waals surface area contributed by atoms with E-state index in [-0.39, 0.29) is 12.0 Å². The van der Waals surface area contributed by atoms with Crippen LogP contribution >= 0.6 is 0 Å². The van der Waals surface area contributed by atoms with Gasteiger partial charge in [-0.15, -0.1) is 0 Å². The quantitative estimate of drug-likeness (QED) is 0.806. The zero-order valence-electron chi connectivity index (χ0n) is 11.7. The molecule has 1 fully saturated rings. The zero-order chi connectivity index (χ0) is 13.9. The number of methoxy groups -OCH3 is 1. The second-order valence-electron chi connectivity index (χ2n) is 5.30. The van der Waals surface area contributed by atoms with E-state index in [9.17, 15) is 4.79 Å². The van der Waals surface area contributed by atoms with Crippen LogP contribution in [0, 0.1) is 5.92 Å². The first-order valence-corrected chi connectivity index (χ1v) is 7.15. The molecule has 4 heteroatoms. The summed E-state index contributed by atoms with van der Waals surface area (Å²) in [6.07, 6.45) is 1.78. The van der Waals surface area contributed by atoms with E-state index in [0.29, 0.717) is 5.92 Å². The van der Waals surface area contributed by atoms with Crippen LogP contribution in [0.4, 0.5) is 0 Å². The van der Waals surface area contributed by atoms with E-state index in [1.807, 2.05) is 6.07 Å². The van der Waals surface area contributed by atoms with Gasteiger partial charge in [0, 0.05) is 30.7 Å². The van der Waals surface area contributed by atoms with Crippen LogP contribution in [0.15, 0.2) is 41.6 Å². The molecule has 20 heavy (non-hydrogen) atoms. The summed E-state index contributed by atoms with van der Waals surface area (Å²) in [6, 6.07) is 10.7. The minimum atomic E-state index is -0.191. The number of fused-ring (bicyclic) bond motifs is 1. The smallest absolute Gasteiger partial charge is 0.335 e. The number of rotatable bonds is 2. The maximum absolute atomic E-state index is 11.9. The summed E-state index contributed by atoms with van der Waals surface area (Å²) < 4.78 is 4.91. The maximum atomic E-state index is 11.9. The molecule has 0 amide bonds. The molecule has 2 atom stereocenters. The highest BCUT2D eigenvalue weighted by Crippen LogP contribution is 2.40. The molecule has 0 unspecified atom stereocenters. The molecule has 0 saturated carbocycles. The number of ether oxygens (including phenoxy) is 1. The molecule has 1 aliphatic carbocycles. The summed E-state index contributed by atoms with van der Waals surface area (Å²) in [5, 5.41) is 7.02. The van der Waals surface area contributed by atoms with Crippen LogP contribution in [-0.4, -0.2) is 26.2 Å². The highest BCUT2D eigenvalue weighted by Gasteiger charge is 2.36. The molecule has 1 aromatic rings. The Morgan fingerprint density at radius 2 is 2.05 bits per heavy atom. The highest BCUT2D eigenvalue weighted by atomic mass is 16.5. The van der Waals surface area contributed by atoms with Crippen molar-refractivity contribution >= 4 is 5.97 Å². The number of carbonyl (C=O) groups is 1. The lowest BCUT2D eigenvalue weighted by atomic mass is 9.91. The van der Waals surface area contributed by atoms with Crippen molar-refractivity contribution in [2.24, 2.45) is 5.92 Å². The Bertz CT molecular complexity index is 525. The van der Waals surface area contributed by atoms with Gasteiger partial charge in [-0.3, -0.25) is 0 Å². The van der Waals surface area contributed by atoms with Crippen molar-refractivity contribution in [1.82, 2.24) is 10.6 Å². The molecule has 0 aromatic heterocycles. The van der Waals surface area contributed by atoms with E-state index in [4.69, 9.17) is 4.74 Å². The monoisotopic (exact) mass is 272 g/mol. The van der Waals surface area contributed by atoms with E-state index in [1.54, 1.807) is 0 Å². The van der Waals surface area contributed by atoms with Crippen LogP contribution in [0.1, 0.15) is 24.4 Å². The standard InChI is InChI=1S/C16H20N2O2/c1-20-16(19)13-8-7-12-14(11-5-3-2-4-6-11)17-9-10-18-15(12)13/h2-6,12,14,17-18H,7-10H2,1H3/t12-,14+/m0/s1. The number of hydrogen-bond donors (Lipinski definition) is 2. The molecule has 1 aliphatic heterocycles. The zero-order valence-corrected chi connectivity index (χ0v) is 11.7. The minimum absolute atomic E-state index is 0.191. The van der Waals surface area contributed by atoms with Crippen LogP contribution < -0.4 is 10.6 Å². The van der Waals surface area contributed by atoms with Crippen molar-refractivity contribution in [1.29, 1.82) is 0 Å². The van der Waals surface area contributed by atoms with Crippen LogP contribution in [0.3, 0.4) is 0 Å². The predicted octanol–water partition coefficient (Wildman–Crippen LogP) is 1.76. The molecular formula is C16H20N2O2. The second-order valence-corrected chi connectivity index (χ2v) is 5.30. The molecule has 1 saturated heterocycles. The van der Waals surface area contributed by atoms with Crippen LogP contribution in [0.5, 0.6) is 0 Å². The lowest BCUT2D eigenvalue weighted by Crippen LogP contribution is -2.27. The van der Waals surface area contributed by atoms with Gasteiger partial charge in [-0.1, -0.05) is 30.3 Å². The third kappa shape index (κ3) is 2.31. The van der Waals surface area contributed by atoms with Crippen LogP contribution in [0.2, 0.25) is 0 Å². The SMILES string of the molecule is COC(=O)C1=C2NCCN[C@H](c3ccccc3)[C@@H]2CC1. The maximum Gasteiger partial charge on any atom is 0.335 e. The lowest BCUT2D eigenvalue weighted by Gasteiger charge is -2.24. The second kappa shape index (κ2) is 5.67. The molecule has 1 aromatic carbocycles. The van der Waals surface area contributed by atoms with Crippen molar-refractivity contribution in [3.63, 3.8) is 0 Å². The van der Waals surface area contributed by atoms with Gasteiger partial charge in [-0.05, 0) is 18.4 Å². The molecule has 106 valence electrons. The highest BCUT2D eigenvalue weighted by molar-refractivity contribution is 5.90. The lowest BCUT2D eigenvalue weighted by molar-refractivity contribution is -0.136. The van der Waals surface area contributed by atoms with Crippen molar-refractivity contribution in [3.8, 4) is 0 Å². The molecule has 0 spiro atoms. The van der Waals surface area contributed by atoms with Crippen LogP contribution in [0.25, 0.3) is 0 Å². The number of nitrogens with one attached hydrogen (secondary N) is 2. The fourth-order valence-electron chi connectivity index (χ4n) is 3.29. The van der Waals surface area contributed by atoms with Gasteiger partial charge in [0.1, 0.15) is 0 Å². The van der Waals surface area contributed by atoms with Crippen LogP contribution in [-0.2, 0) is 9.53 Å². The first-order chi connectivity index (χ1) is 9.81. The van der Waals surface area contributed by atoms with Gasteiger partial charge in [0.15, 0.2) is 0 Å². The Hall–Kier alpha value is -1.81. The Balaban J connectivity index is 1.95. The first kappa shape index (κ1) is 13.2. The molecular weight excluding hydrogens is 252 g/mol. The Morgan fingerprint density at radius 1 is 1.25 bits per heavy atom. The van der Waals surface area contributed by atoms with Gasteiger partial charge < -0.3 is 15.4 Å². The van der Waals surface area contributed by atoms with E-state index >= 15 is 0 Å². The Labute approximate surface area is 119 Å².